The van der Waals surface area contributed by atoms with E-state index in [1.54, 1.807) is 0 Å². The van der Waals surface area contributed by atoms with Gasteiger partial charge in [0.1, 0.15) is 0 Å². The number of pyridine rings is 1. The van der Waals surface area contributed by atoms with Crippen LogP contribution in [-0.2, 0) is 13.0 Å². The summed E-state index contributed by atoms with van der Waals surface area (Å²) in [6, 6.07) is 10.1. The number of hydrogen-bond acceptors (Lipinski definition) is 3. The van der Waals surface area contributed by atoms with Crippen LogP contribution in [0, 0.1) is 0 Å². The summed E-state index contributed by atoms with van der Waals surface area (Å²) >= 11 is 0. The molecule has 0 bridgehead atoms. The van der Waals surface area contributed by atoms with E-state index in [1.165, 1.54) is 0 Å². The summed E-state index contributed by atoms with van der Waals surface area (Å²) in [4.78, 5) is 4.80. The summed E-state index contributed by atoms with van der Waals surface area (Å²) in [5.41, 5.74) is 18.0. The average molecular weight is 251 g/mol. The molecular weight excluding hydrogens is 234 g/mol. The predicted octanol–water partition coefficient (Wildman–Crippen LogP) is 2.75. The van der Waals surface area contributed by atoms with Crippen molar-refractivity contribution in [1.29, 1.82) is 0 Å². The molecule has 0 radical (unpaired) electrons. The standard InChI is InChI=1S/C16H17N3/c17-10-13-15(18)12-8-4-5-9-14(12)19-16(13)11-6-2-1-3-7-11/h1-4,6-8H,5,9-10,17H2,(H2,18,19). The van der Waals surface area contributed by atoms with Crippen LogP contribution in [0.5, 0.6) is 0 Å². The molecule has 2 aromatic rings. The van der Waals surface area contributed by atoms with Gasteiger partial charge in [-0.3, -0.25) is 4.98 Å². The van der Waals surface area contributed by atoms with Gasteiger partial charge in [0.05, 0.1) is 11.4 Å². The van der Waals surface area contributed by atoms with E-state index in [2.05, 4.69) is 12.2 Å². The molecule has 1 aromatic heterocycles. The van der Waals surface area contributed by atoms with Crippen molar-refractivity contribution >= 4 is 11.8 Å². The molecule has 0 saturated carbocycles. The SMILES string of the molecule is NCc1c(-c2ccccc2)nc2c(c1N)C=CCC2. The van der Waals surface area contributed by atoms with Crippen molar-refractivity contribution in [2.45, 2.75) is 19.4 Å². The third kappa shape index (κ3) is 2.02. The zero-order chi connectivity index (χ0) is 13.2. The average Bonchev–Trinajstić information content (AvgIpc) is 2.48. The first kappa shape index (κ1) is 11.9. The summed E-state index contributed by atoms with van der Waals surface area (Å²) in [6.45, 7) is 0.407. The first-order valence-electron chi connectivity index (χ1n) is 6.54. The first-order valence-corrected chi connectivity index (χ1v) is 6.54. The first-order chi connectivity index (χ1) is 9.31. The molecule has 0 unspecified atom stereocenters. The van der Waals surface area contributed by atoms with Gasteiger partial charge in [-0.05, 0) is 12.8 Å². The monoisotopic (exact) mass is 251 g/mol. The van der Waals surface area contributed by atoms with Gasteiger partial charge in [0.15, 0.2) is 0 Å². The maximum absolute atomic E-state index is 6.28. The summed E-state index contributed by atoms with van der Waals surface area (Å²) in [7, 11) is 0. The Morgan fingerprint density at radius 1 is 1.16 bits per heavy atom. The van der Waals surface area contributed by atoms with Crippen LogP contribution >= 0.6 is 0 Å². The van der Waals surface area contributed by atoms with Crippen LogP contribution in [-0.4, -0.2) is 4.98 Å². The number of fused-ring (bicyclic) bond motifs is 1. The highest BCUT2D eigenvalue weighted by atomic mass is 14.8. The Labute approximate surface area is 113 Å². The van der Waals surface area contributed by atoms with E-state index >= 15 is 0 Å². The number of anilines is 1. The van der Waals surface area contributed by atoms with E-state index in [9.17, 15) is 0 Å². The number of nitrogen functional groups attached to an aromatic ring is 1. The van der Waals surface area contributed by atoms with Crippen molar-refractivity contribution in [3.8, 4) is 11.3 Å². The van der Waals surface area contributed by atoms with Gasteiger partial charge in [0.2, 0.25) is 0 Å². The van der Waals surface area contributed by atoms with Crippen LogP contribution in [0.4, 0.5) is 5.69 Å². The highest BCUT2D eigenvalue weighted by molar-refractivity contribution is 5.78. The smallest absolute Gasteiger partial charge is 0.0771 e. The number of aryl methyl sites for hydroxylation is 1. The van der Waals surface area contributed by atoms with E-state index in [0.29, 0.717) is 6.54 Å². The van der Waals surface area contributed by atoms with Crippen LogP contribution in [0.1, 0.15) is 23.2 Å². The van der Waals surface area contributed by atoms with Crippen molar-refractivity contribution in [2.24, 2.45) is 5.73 Å². The van der Waals surface area contributed by atoms with Gasteiger partial charge in [-0.25, -0.2) is 0 Å². The van der Waals surface area contributed by atoms with Crippen molar-refractivity contribution in [3.63, 3.8) is 0 Å². The normalized spacial score (nSPS) is 13.3. The Morgan fingerprint density at radius 3 is 2.68 bits per heavy atom. The highest BCUT2D eigenvalue weighted by Crippen LogP contribution is 2.32. The lowest BCUT2D eigenvalue weighted by molar-refractivity contribution is 0.918. The Morgan fingerprint density at radius 2 is 1.95 bits per heavy atom. The van der Waals surface area contributed by atoms with E-state index in [-0.39, 0.29) is 0 Å². The Hall–Kier alpha value is -2.13. The van der Waals surface area contributed by atoms with Gasteiger partial charge in [-0.2, -0.15) is 0 Å². The molecule has 0 amide bonds. The summed E-state index contributed by atoms with van der Waals surface area (Å²) in [6.07, 6.45) is 6.17. The molecule has 1 heterocycles. The van der Waals surface area contributed by atoms with Gasteiger partial charge in [-0.1, -0.05) is 42.5 Å². The number of rotatable bonds is 2. The third-order valence-electron chi connectivity index (χ3n) is 3.54. The zero-order valence-corrected chi connectivity index (χ0v) is 10.8. The van der Waals surface area contributed by atoms with E-state index < -0.39 is 0 Å². The molecule has 0 aliphatic heterocycles. The molecule has 1 aliphatic carbocycles. The van der Waals surface area contributed by atoms with Crippen LogP contribution in [0.15, 0.2) is 36.4 Å². The number of nitrogens with two attached hydrogens (primary N) is 2. The summed E-state index contributed by atoms with van der Waals surface area (Å²) in [5, 5.41) is 0. The molecule has 0 atom stereocenters. The summed E-state index contributed by atoms with van der Waals surface area (Å²) < 4.78 is 0. The van der Waals surface area contributed by atoms with Crippen molar-refractivity contribution in [1.82, 2.24) is 4.98 Å². The number of aromatic nitrogens is 1. The second-order valence-electron chi connectivity index (χ2n) is 4.72. The molecule has 3 heteroatoms. The molecule has 0 spiro atoms. The molecule has 1 aromatic carbocycles. The van der Waals surface area contributed by atoms with Crippen LogP contribution in [0.25, 0.3) is 17.3 Å². The number of allylic oxidation sites excluding steroid dienone is 1. The minimum absolute atomic E-state index is 0.407. The Balaban J connectivity index is 2.25. The number of benzene rings is 1. The van der Waals surface area contributed by atoms with Gasteiger partial charge in [-0.15, -0.1) is 0 Å². The molecular formula is C16H17N3. The van der Waals surface area contributed by atoms with Gasteiger partial charge < -0.3 is 11.5 Å². The molecule has 96 valence electrons. The van der Waals surface area contributed by atoms with E-state index in [4.69, 9.17) is 16.5 Å². The lowest BCUT2D eigenvalue weighted by atomic mass is 9.95. The largest absolute Gasteiger partial charge is 0.398 e. The van der Waals surface area contributed by atoms with Crippen molar-refractivity contribution < 1.29 is 0 Å². The maximum atomic E-state index is 6.28. The maximum Gasteiger partial charge on any atom is 0.0771 e. The second-order valence-corrected chi connectivity index (χ2v) is 4.72. The molecule has 4 N–H and O–H groups in total. The minimum atomic E-state index is 0.407. The minimum Gasteiger partial charge on any atom is -0.398 e. The summed E-state index contributed by atoms with van der Waals surface area (Å²) in [5.74, 6) is 0. The molecule has 0 fully saturated rings. The molecule has 3 nitrogen and oxygen atoms in total. The fraction of sp³-hybridized carbons (Fsp3) is 0.188. The lowest BCUT2D eigenvalue weighted by Crippen LogP contribution is -2.11. The Bertz CT molecular complexity index is 630. The van der Waals surface area contributed by atoms with E-state index in [0.717, 1.165) is 46.6 Å². The zero-order valence-electron chi connectivity index (χ0n) is 10.8. The second kappa shape index (κ2) is 4.86. The van der Waals surface area contributed by atoms with Gasteiger partial charge in [0, 0.05) is 28.9 Å². The predicted molar refractivity (Wildman–Crippen MR) is 79.3 cm³/mol. The van der Waals surface area contributed by atoms with E-state index in [1.807, 2.05) is 30.3 Å². The highest BCUT2D eigenvalue weighted by Gasteiger charge is 2.17. The quantitative estimate of drug-likeness (QED) is 0.862. The molecule has 1 aliphatic rings. The number of nitrogens with zero attached hydrogens (tertiary/aromatic N) is 1. The van der Waals surface area contributed by atoms with Crippen LogP contribution < -0.4 is 11.5 Å². The fourth-order valence-electron chi connectivity index (χ4n) is 2.55. The van der Waals surface area contributed by atoms with Crippen LogP contribution in [0.3, 0.4) is 0 Å². The fourth-order valence-corrected chi connectivity index (χ4v) is 2.55. The molecule has 0 saturated heterocycles. The van der Waals surface area contributed by atoms with Gasteiger partial charge in [0.25, 0.3) is 0 Å². The third-order valence-corrected chi connectivity index (χ3v) is 3.54. The Kier molecular flexibility index (Phi) is 3.05. The topological polar surface area (TPSA) is 64.9 Å². The van der Waals surface area contributed by atoms with Crippen LogP contribution in [0.2, 0.25) is 0 Å². The molecule has 19 heavy (non-hydrogen) atoms. The van der Waals surface area contributed by atoms with Crippen molar-refractivity contribution in [2.75, 3.05) is 5.73 Å². The molecule has 3 rings (SSSR count). The van der Waals surface area contributed by atoms with Crippen molar-refractivity contribution in [3.05, 3.63) is 53.2 Å². The lowest BCUT2D eigenvalue weighted by Gasteiger charge is -2.18. The number of hydrogen-bond donors (Lipinski definition) is 2. The van der Waals surface area contributed by atoms with Gasteiger partial charge >= 0.3 is 0 Å².